The number of nitrogens with zero attached hydrogens (tertiary/aromatic N) is 1. The second-order valence-electron chi connectivity index (χ2n) is 6.56. The molecule has 0 atom stereocenters. The van der Waals surface area contributed by atoms with Crippen LogP contribution in [0.25, 0.3) is 11.1 Å². The number of carboxylic acid groups (broad SMARTS) is 1. The maximum absolute atomic E-state index is 13.0. The highest BCUT2D eigenvalue weighted by molar-refractivity contribution is 6.35. The second kappa shape index (κ2) is 7.12. The highest BCUT2D eigenvalue weighted by Crippen LogP contribution is 2.38. The number of anilines is 1. The maximum atomic E-state index is 13.0. The van der Waals surface area contributed by atoms with Crippen molar-refractivity contribution >= 4 is 23.5 Å². The van der Waals surface area contributed by atoms with E-state index < -0.39 is 5.97 Å². The Bertz CT molecular complexity index is 1050. The normalized spacial score (nSPS) is 12.9. The summed E-state index contributed by atoms with van der Waals surface area (Å²) in [6.07, 6.45) is 0.266. The Morgan fingerprint density at radius 3 is 2.00 bits per heavy atom. The van der Waals surface area contributed by atoms with E-state index in [1.165, 1.54) is 4.90 Å². The van der Waals surface area contributed by atoms with Crippen LogP contribution in [0.4, 0.5) is 5.69 Å². The molecular formula is C23H17NO4. The summed E-state index contributed by atoms with van der Waals surface area (Å²) in [4.78, 5) is 38.2. The Kier molecular flexibility index (Phi) is 4.49. The number of benzene rings is 3. The van der Waals surface area contributed by atoms with Crippen LogP contribution in [0, 0.1) is 0 Å². The molecule has 5 nitrogen and oxygen atoms in total. The fourth-order valence-corrected chi connectivity index (χ4v) is 3.57. The fraction of sp³-hybridized carbons (Fsp3) is 0.0870. The Morgan fingerprint density at radius 1 is 0.786 bits per heavy atom. The molecule has 4 rings (SSSR count). The summed E-state index contributed by atoms with van der Waals surface area (Å²) < 4.78 is 0. The lowest BCUT2D eigenvalue weighted by molar-refractivity contribution is -0.136. The van der Waals surface area contributed by atoms with Gasteiger partial charge in [0.1, 0.15) is 0 Å². The molecule has 0 spiro atoms. The average Bonchev–Trinajstić information content (AvgIpc) is 2.97. The van der Waals surface area contributed by atoms with Crippen LogP contribution in [-0.2, 0) is 11.2 Å². The molecule has 0 saturated heterocycles. The standard InChI is InChI=1S/C23H17NO4/c25-20(26)14-13-16-9-6-12-19(21(16)15-7-2-1-3-8-15)24-22(27)17-10-4-5-11-18(17)23(24)28/h1-12H,13-14H2,(H,25,26). The zero-order chi connectivity index (χ0) is 19.7. The lowest BCUT2D eigenvalue weighted by atomic mass is 9.94. The Labute approximate surface area is 161 Å². The zero-order valence-electron chi connectivity index (χ0n) is 15.0. The van der Waals surface area contributed by atoms with E-state index in [-0.39, 0.29) is 18.2 Å². The molecule has 3 aromatic carbocycles. The number of hydrogen-bond donors (Lipinski definition) is 1. The van der Waals surface area contributed by atoms with Crippen molar-refractivity contribution in [1.82, 2.24) is 0 Å². The van der Waals surface area contributed by atoms with Crippen molar-refractivity contribution in [3.63, 3.8) is 0 Å². The van der Waals surface area contributed by atoms with Gasteiger partial charge in [0.25, 0.3) is 11.8 Å². The number of imide groups is 1. The minimum atomic E-state index is -0.898. The highest BCUT2D eigenvalue weighted by Gasteiger charge is 2.37. The molecule has 1 aliphatic rings. The molecule has 0 fully saturated rings. The summed E-state index contributed by atoms with van der Waals surface area (Å²) in [7, 11) is 0. The summed E-state index contributed by atoms with van der Waals surface area (Å²) in [5.74, 6) is -1.63. The smallest absolute Gasteiger partial charge is 0.303 e. The van der Waals surface area contributed by atoms with Crippen LogP contribution in [0.1, 0.15) is 32.7 Å². The molecular weight excluding hydrogens is 354 g/mol. The average molecular weight is 371 g/mol. The van der Waals surface area contributed by atoms with Gasteiger partial charge in [-0.25, -0.2) is 4.90 Å². The third-order valence-corrected chi connectivity index (χ3v) is 4.83. The van der Waals surface area contributed by atoms with Crippen molar-refractivity contribution in [2.45, 2.75) is 12.8 Å². The lowest BCUT2D eigenvalue weighted by Crippen LogP contribution is -2.30. The van der Waals surface area contributed by atoms with Gasteiger partial charge in [0.05, 0.1) is 16.8 Å². The van der Waals surface area contributed by atoms with Crippen LogP contribution in [0.2, 0.25) is 0 Å². The second-order valence-corrected chi connectivity index (χ2v) is 6.56. The Morgan fingerprint density at radius 2 is 1.39 bits per heavy atom. The van der Waals surface area contributed by atoms with Gasteiger partial charge in [-0.2, -0.15) is 0 Å². The van der Waals surface area contributed by atoms with Crippen molar-refractivity contribution in [2.24, 2.45) is 0 Å². The summed E-state index contributed by atoms with van der Waals surface area (Å²) in [5, 5.41) is 9.10. The molecule has 0 bridgehead atoms. The molecule has 0 radical (unpaired) electrons. The van der Waals surface area contributed by atoms with E-state index >= 15 is 0 Å². The molecule has 3 aromatic rings. The quantitative estimate of drug-likeness (QED) is 0.683. The predicted molar refractivity (Wildman–Crippen MR) is 105 cm³/mol. The van der Waals surface area contributed by atoms with Crippen LogP contribution >= 0.6 is 0 Å². The number of fused-ring (bicyclic) bond motifs is 1. The van der Waals surface area contributed by atoms with Crippen molar-refractivity contribution in [1.29, 1.82) is 0 Å². The van der Waals surface area contributed by atoms with Gasteiger partial charge in [0.15, 0.2) is 0 Å². The molecule has 0 aliphatic carbocycles. The van der Waals surface area contributed by atoms with Crippen molar-refractivity contribution in [3.05, 3.63) is 89.5 Å². The van der Waals surface area contributed by atoms with Gasteiger partial charge in [-0.1, -0.05) is 54.6 Å². The van der Waals surface area contributed by atoms with Crippen molar-refractivity contribution in [2.75, 3.05) is 4.90 Å². The number of carboxylic acids is 1. The molecule has 2 amide bonds. The van der Waals surface area contributed by atoms with Crippen molar-refractivity contribution in [3.8, 4) is 11.1 Å². The summed E-state index contributed by atoms with van der Waals surface area (Å²) in [6, 6.07) is 21.5. The Balaban J connectivity index is 1.88. The number of carbonyl (C=O) groups is 3. The zero-order valence-corrected chi connectivity index (χ0v) is 15.0. The largest absolute Gasteiger partial charge is 0.481 e. The monoisotopic (exact) mass is 371 g/mol. The van der Waals surface area contributed by atoms with Gasteiger partial charge in [0, 0.05) is 12.0 Å². The SMILES string of the molecule is O=C(O)CCc1cccc(N2C(=O)c3ccccc3C2=O)c1-c1ccccc1. The lowest BCUT2D eigenvalue weighted by Gasteiger charge is -2.21. The number of amides is 2. The molecule has 28 heavy (non-hydrogen) atoms. The van der Waals surface area contributed by atoms with Gasteiger partial charge >= 0.3 is 5.97 Å². The first-order valence-corrected chi connectivity index (χ1v) is 8.95. The number of aliphatic carboxylic acids is 1. The van der Waals surface area contributed by atoms with Crippen molar-refractivity contribution < 1.29 is 19.5 Å². The predicted octanol–water partition coefficient (Wildman–Crippen LogP) is 4.17. The van der Waals surface area contributed by atoms with Gasteiger partial charge in [-0.05, 0) is 35.7 Å². The van der Waals surface area contributed by atoms with Gasteiger partial charge in [-0.15, -0.1) is 0 Å². The molecule has 1 N–H and O–H groups in total. The first-order chi connectivity index (χ1) is 13.6. The van der Waals surface area contributed by atoms with Gasteiger partial charge < -0.3 is 5.11 Å². The molecule has 5 heteroatoms. The topological polar surface area (TPSA) is 74.7 Å². The first kappa shape index (κ1) is 17.7. The number of carbonyl (C=O) groups excluding carboxylic acids is 2. The molecule has 0 aromatic heterocycles. The minimum absolute atomic E-state index is 0.0363. The summed E-state index contributed by atoms with van der Waals surface area (Å²) >= 11 is 0. The van der Waals surface area contributed by atoms with E-state index in [1.54, 1.807) is 36.4 Å². The highest BCUT2D eigenvalue weighted by atomic mass is 16.4. The van der Waals surface area contributed by atoms with Gasteiger partial charge in [-0.3, -0.25) is 14.4 Å². The molecule has 0 saturated carbocycles. The van der Waals surface area contributed by atoms with E-state index in [2.05, 4.69) is 0 Å². The number of hydrogen-bond acceptors (Lipinski definition) is 3. The first-order valence-electron chi connectivity index (χ1n) is 8.95. The molecule has 0 unspecified atom stereocenters. The van der Waals surface area contributed by atoms with Gasteiger partial charge in [0.2, 0.25) is 0 Å². The van der Waals surface area contributed by atoms with Crippen LogP contribution in [0.15, 0.2) is 72.8 Å². The summed E-state index contributed by atoms with van der Waals surface area (Å²) in [6.45, 7) is 0. The maximum Gasteiger partial charge on any atom is 0.303 e. The third-order valence-electron chi connectivity index (χ3n) is 4.83. The van der Waals surface area contributed by atoms with E-state index in [4.69, 9.17) is 5.11 Å². The Hall–Kier alpha value is -3.73. The fourth-order valence-electron chi connectivity index (χ4n) is 3.57. The van der Waals surface area contributed by atoms with E-state index in [9.17, 15) is 14.4 Å². The van der Waals surface area contributed by atoms with Crippen LogP contribution in [-0.4, -0.2) is 22.9 Å². The van der Waals surface area contributed by atoms with Crippen LogP contribution in [0.5, 0.6) is 0 Å². The van der Waals surface area contributed by atoms with Crippen LogP contribution < -0.4 is 4.90 Å². The molecule has 1 heterocycles. The number of rotatable bonds is 5. The molecule has 1 aliphatic heterocycles. The minimum Gasteiger partial charge on any atom is -0.481 e. The van der Waals surface area contributed by atoms with E-state index in [0.29, 0.717) is 28.8 Å². The molecule has 138 valence electrons. The number of aryl methyl sites for hydroxylation is 1. The third kappa shape index (κ3) is 2.97. The van der Waals surface area contributed by atoms with E-state index in [0.717, 1.165) is 11.1 Å². The summed E-state index contributed by atoms with van der Waals surface area (Å²) in [5.41, 5.74) is 3.54. The van der Waals surface area contributed by atoms with E-state index in [1.807, 2.05) is 36.4 Å². The van der Waals surface area contributed by atoms with Crippen LogP contribution in [0.3, 0.4) is 0 Å².